The molecular formula is C33H41N5O5Si. The summed E-state index contributed by atoms with van der Waals surface area (Å²) in [7, 11) is 0.0800. The summed E-state index contributed by atoms with van der Waals surface area (Å²) < 4.78 is 23.5. The number of aromatic nitrogens is 1. The van der Waals surface area contributed by atoms with Crippen molar-refractivity contribution in [2.45, 2.75) is 39.2 Å². The molecule has 3 aromatic rings. The minimum Gasteiger partial charge on any atom is -0.497 e. The normalized spacial score (nSPS) is 16.0. The van der Waals surface area contributed by atoms with Crippen molar-refractivity contribution in [3.8, 4) is 11.5 Å². The molecule has 1 atom stereocenters. The van der Waals surface area contributed by atoms with Crippen LogP contribution < -0.4 is 24.6 Å². The van der Waals surface area contributed by atoms with Gasteiger partial charge in [-0.15, -0.1) is 0 Å². The zero-order valence-corrected chi connectivity index (χ0v) is 27.3. The number of methoxy groups -OCH3 is 1. The zero-order valence-electron chi connectivity index (χ0n) is 26.3. The van der Waals surface area contributed by atoms with E-state index in [-0.39, 0.29) is 24.1 Å². The van der Waals surface area contributed by atoms with Crippen LogP contribution in [0.1, 0.15) is 24.3 Å². The van der Waals surface area contributed by atoms with E-state index in [9.17, 15) is 4.79 Å². The van der Waals surface area contributed by atoms with Crippen molar-refractivity contribution in [1.29, 1.82) is 0 Å². The first-order chi connectivity index (χ1) is 21.1. The first kappa shape index (κ1) is 31.2. The van der Waals surface area contributed by atoms with Crippen molar-refractivity contribution in [1.82, 2.24) is 4.98 Å². The van der Waals surface area contributed by atoms with E-state index in [4.69, 9.17) is 23.9 Å². The number of nitrogens with one attached hydrogen (secondary N) is 1. The molecule has 11 heteroatoms. The highest BCUT2D eigenvalue weighted by Gasteiger charge is 2.24. The minimum atomic E-state index is -1.54. The minimum absolute atomic E-state index is 0.0392. The number of allylic oxidation sites excluding steroid dienone is 2. The van der Waals surface area contributed by atoms with Crippen molar-refractivity contribution in [3.05, 3.63) is 72.3 Å². The number of aliphatic imine (C=N–C) groups is 1. The molecule has 0 radical (unpaired) electrons. The lowest BCUT2D eigenvalue weighted by Crippen LogP contribution is -2.38. The van der Waals surface area contributed by atoms with Gasteiger partial charge in [0.2, 0.25) is 0 Å². The Morgan fingerprint density at radius 3 is 2.57 bits per heavy atom. The van der Waals surface area contributed by atoms with E-state index >= 15 is 0 Å². The summed E-state index contributed by atoms with van der Waals surface area (Å²) in [5.41, 5.74) is 4.23. The van der Waals surface area contributed by atoms with Gasteiger partial charge in [-0.1, -0.05) is 19.6 Å². The summed E-state index contributed by atoms with van der Waals surface area (Å²) in [6, 6.07) is 13.2. The van der Waals surface area contributed by atoms with Crippen LogP contribution in [0, 0.1) is 0 Å². The van der Waals surface area contributed by atoms with Gasteiger partial charge >= 0.3 is 0 Å². The Morgan fingerprint density at radius 1 is 1.11 bits per heavy atom. The predicted molar refractivity (Wildman–Crippen MR) is 179 cm³/mol. The first-order valence-corrected chi connectivity index (χ1v) is 18.4. The second kappa shape index (κ2) is 13.6. The van der Waals surface area contributed by atoms with Crippen molar-refractivity contribution in [3.63, 3.8) is 0 Å². The molecule has 1 aromatic heterocycles. The second-order valence-electron chi connectivity index (χ2n) is 11.9. The van der Waals surface area contributed by atoms with Gasteiger partial charge in [-0.25, -0.2) is 4.98 Å². The van der Waals surface area contributed by atoms with E-state index < -0.39 is 8.07 Å². The van der Waals surface area contributed by atoms with Crippen molar-refractivity contribution in [2.75, 3.05) is 55.3 Å². The Balaban J connectivity index is 1.51. The van der Waals surface area contributed by atoms with Crippen LogP contribution in [0.3, 0.4) is 0 Å². The molecule has 1 amide bonds. The third kappa shape index (κ3) is 7.29. The van der Waals surface area contributed by atoms with Gasteiger partial charge in [0.15, 0.2) is 6.79 Å². The molecule has 1 saturated heterocycles. The van der Waals surface area contributed by atoms with Gasteiger partial charge < -0.3 is 34.1 Å². The molecule has 1 N–H and O–H groups in total. The number of benzene rings is 2. The molecule has 0 aliphatic carbocycles. The number of hydrogen-bond donors (Lipinski definition) is 1. The fraction of sp³-hybridized carbons (Fsp3) is 0.364. The van der Waals surface area contributed by atoms with E-state index in [2.05, 4.69) is 41.8 Å². The number of carbonyl (C=O) groups excluding carboxylic acids is 1. The molecular weight excluding hydrogens is 574 g/mol. The molecule has 2 aliphatic heterocycles. The average Bonchev–Trinajstić information content (AvgIpc) is 3.24. The fourth-order valence-electron chi connectivity index (χ4n) is 4.79. The lowest BCUT2D eigenvalue weighted by Gasteiger charge is -2.28. The summed E-state index contributed by atoms with van der Waals surface area (Å²) in [6.07, 6.45) is 7.23. The molecule has 232 valence electrons. The number of hydrogen-bond acceptors (Lipinski definition) is 9. The number of carbonyl (C=O) groups is 1. The first-order valence-electron chi connectivity index (χ1n) is 14.8. The molecule has 5 rings (SSSR count). The number of nitrogens with zero attached hydrogens (tertiary/aromatic N) is 4. The summed E-state index contributed by atoms with van der Waals surface area (Å²) in [4.78, 5) is 27.1. The van der Waals surface area contributed by atoms with E-state index in [0.29, 0.717) is 41.3 Å². The predicted octanol–water partition coefficient (Wildman–Crippen LogP) is 6.22. The maximum atomic E-state index is 13.7. The highest BCUT2D eigenvalue weighted by atomic mass is 28.3. The highest BCUT2D eigenvalue weighted by molar-refractivity contribution is 6.77. The van der Waals surface area contributed by atoms with Crippen LogP contribution in [0.4, 0.5) is 17.1 Å². The molecule has 3 heterocycles. The van der Waals surface area contributed by atoms with Crippen molar-refractivity contribution in [2.24, 2.45) is 4.99 Å². The van der Waals surface area contributed by atoms with Gasteiger partial charge in [0.1, 0.15) is 17.2 Å². The van der Waals surface area contributed by atoms with Gasteiger partial charge in [-0.2, -0.15) is 0 Å². The number of fused-ring (bicyclic) bond motifs is 1. The van der Waals surface area contributed by atoms with E-state index in [0.717, 1.165) is 30.2 Å². The molecule has 44 heavy (non-hydrogen) atoms. The van der Waals surface area contributed by atoms with Crippen LogP contribution in [0.25, 0.3) is 10.9 Å². The molecule has 1 unspecified atom stereocenters. The smallest absolute Gasteiger partial charge is 0.274 e. The maximum absolute atomic E-state index is 13.7. The van der Waals surface area contributed by atoms with Gasteiger partial charge in [0.05, 0.1) is 39.6 Å². The molecule has 2 aliphatic rings. The Kier molecular flexibility index (Phi) is 9.67. The van der Waals surface area contributed by atoms with Gasteiger partial charge in [-0.3, -0.25) is 9.79 Å². The van der Waals surface area contributed by atoms with Crippen LogP contribution in [-0.4, -0.2) is 71.1 Å². The number of ether oxygens (including phenoxy) is 4. The zero-order chi connectivity index (χ0) is 31.3. The monoisotopic (exact) mass is 615 g/mol. The SMILES string of the molecule is COc1cc(N2C=CC=NC=C2C)c2nc(C(=O)Nc3ccc(N4CCOCC4)cc3)cc(OCOC(C)[Si](C)(C)C)c2c1. The quantitative estimate of drug-likeness (QED) is 0.212. The Labute approximate surface area is 260 Å². The number of pyridine rings is 1. The molecule has 0 saturated carbocycles. The largest absolute Gasteiger partial charge is 0.497 e. The van der Waals surface area contributed by atoms with Crippen LogP contribution in [0.5, 0.6) is 11.5 Å². The van der Waals surface area contributed by atoms with Crippen LogP contribution in [0.15, 0.2) is 71.6 Å². The number of rotatable bonds is 10. The van der Waals surface area contributed by atoms with Crippen molar-refractivity contribution < 1.29 is 23.7 Å². The van der Waals surface area contributed by atoms with Crippen molar-refractivity contribution >= 4 is 48.2 Å². The standard InChI is InChI=1S/C33H41N5O5Si/c1-23-21-34-12-7-13-38(23)30-19-27(40-3)18-28-31(43-22-42-24(2)44(4,5)6)20-29(36-32(28)30)33(39)35-25-8-10-26(11-9-25)37-14-16-41-17-15-37/h7-13,18-21,24H,14-17,22H2,1-6H3,(H,35,39). The molecule has 0 spiro atoms. The Morgan fingerprint density at radius 2 is 1.86 bits per heavy atom. The fourth-order valence-corrected chi connectivity index (χ4v) is 5.36. The van der Waals surface area contributed by atoms with Gasteiger partial charge in [0.25, 0.3) is 5.91 Å². The molecule has 0 bridgehead atoms. The maximum Gasteiger partial charge on any atom is 0.274 e. The number of morpholine rings is 1. The third-order valence-corrected chi connectivity index (χ3v) is 10.5. The Bertz CT molecular complexity index is 1580. The summed E-state index contributed by atoms with van der Waals surface area (Å²) in [5, 5.41) is 3.70. The molecule has 10 nitrogen and oxygen atoms in total. The van der Waals surface area contributed by atoms with E-state index in [1.54, 1.807) is 25.6 Å². The molecule has 2 aromatic carbocycles. The van der Waals surface area contributed by atoms with Crippen LogP contribution in [-0.2, 0) is 9.47 Å². The number of anilines is 3. The van der Waals surface area contributed by atoms with Crippen LogP contribution >= 0.6 is 0 Å². The van der Waals surface area contributed by atoms with Gasteiger partial charge in [-0.05, 0) is 50.3 Å². The summed E-state index contributed by atoms with van der Waals surface area (Å²) in [5.74, 6) is 0.748. The van der Waals surface area contributed by atoms with Gasteiger partial charge in [0, 0.05) is 72.0 Å². The number of amides is 1. The van der Waals surface area contributed by atoms with Crippen LogP contribution in [0.2, 0.25) is 19.6 Å². The van der Waals surface area contributed by atoms with E-state index in [1.807, 2.05) is 60.5 Å². The lowest BCUT2D eigenvalue weighted by molar-refractivity contribution is 0.00104. The average molecular weight is 616 g/mol. The van der Waals surface area contributed by atoms with E-state index in [1.165, 1.54) is 0 Å². The third-order valence-electron chi connectivity index (χ3n) is 7.86. The lowest BCUT2D eigenvalue weighted by atomic mass is 10.1. The topological polar surface area (TPSA) is 97.8 Å². The molecule has 1 fully saturated rings. The second-order valence-corrected chi connectivity index (χ2v) is 17.4. The summed E-state index contributed by atoms with van der Waals surface area (Å²) in [6.45, 7) is 13.9. The highest BCUT2D eigenvalue weighted by Crippen LogP contribution is 2.38. The Hall–Kier alpha value is -4.19. The summed E-state index contributed by atoms with van der Waals surface area (Å²) >= 11 is 0.